The molecule has 1 amide bonds. The zero-order valence-electron chi connectivity index (χ0n) is 18.7. The Morgan fingerprint density at radius 3 is 2.85 bits per heavy atom. The first kappa shape index (κ1) is 21.4. The summed E-state index contributed by atoms with van der Waals surface area (Å²) in [6, 6.07) is 6.27. The van der Waals surface area contributed by atoms with Gasteiger partial charge >= 0.3 is 0 Å². The molecule has 0 aliphatic carbocycles. The van der Waals surface area contributed by atoms with Gasteiger partial charge in [-0.2, -0.15) is 0 Å². The summed E-state index contributed by atoms with van der Waals surface area (Å²) < 4.78 is 21.2. The maximum atomic E-state index is 14.3. The van der Waals surface area contributed by atoms with E-state index in [0.717, 1.165) is 11.4 Å². The number of nitrogens with one attached hydrogen (secondary N) is 4. The lowest BCUT2D eigenvalue weighted by Crippen LogP contribution is -2.31. The molecule has 4 aromatic rings. The number of aryl methyl sites for hydroxylation is 1. The summed E-state index contributed by atoms with van der Waals surface area (Å²) in [4.78, 5) is 25.0. The summed E-state index contributed by atoms with van der Waals surface area (Å²) in [6.45, 7) is 2.38. The number of nitrogens with zero attached hydrogens (tertiary/aromatic N) is 5. The van der Waals surface area contributed by atoms with Gasteiger partial charge in [0, 0.05) is 31.9 Å². The second-order valence-corrected chi connectivity index (χ2v) is 7.72. The fourth-order valence-corrected chi connectivity index (χ4v) is 3.83. The van der Waals surface area contributed by atoms with Crippen molar-refractivity contribution in [1.29, 1.82) is 0 Å². The minimum absolute atomic E-state index is 0.0442. The number of carbonyl (C=O) groups is 1. The third kappa shape index (κ3) is 3.68. The molecule has 34 heavy (non-hydrogen) atoms. The van der Waals surface area contributed by atoms with Gasteiger partial charge in [-0.1, -0.05) is 11.3 Å². The van der Waals surface area contributed by atoms with Crippen LogP contribution < -0.4 is 20.7 Å². The molecule has 0 spiro atoms. The lowest BCUT2D eigenvalue weighted by molar-refractivity contribution is 0.0947. The van der Waals surface area contributed by atoms with Crippen molar-refractivity contribution in [1.82, 2.24) is 35.3 Å². The van der Waals surface area contributed by atoms with Gasteiger partial charge in [0.25, 0.3) is 5.91 Å². The van der Waals surface area contributed by atoms with Crippen LogP contribution in [-0.4, -0.2) is 49.5 Å². The number of H-pyrrole nitrogens is 1. The number of anilines is 4. The van der Waals surface area contributed by atoms with Crippen molar-refractivity contribution in [3.8, 4) is 17.1 Å². The summed E-state index contributed by atoms with van der Waals surface area (Å²) in [5.41, 5.74) is 3.97. The Morgan fingerprint density at radius 2 is 2.09 bits per heavy atom. The number of hydrogen-bond acceptors (Lipinski definition) is 8. The fourth-order valence-electron chi connectivity index (χ4n) is 3.83. The van der Waals surface area contributed by atoms with Crippen molar-refractivity contribution in [3.05, 3.63) is 53.2 Å². The normalized spacial score (nSPS) is 12.8. The molecule has 12 heteroatoms. The van der Waals surface area contributed by atoms with Crippen LogP contribution in [0.5, 0.6) is 5.75 Å². The van der Waals surface area contributed by atoms with Crippen molar-refractivity contribution in [3.63, 3.8) is 0 Å². The molecule has 0 bridgehead atoms. The lowest BCUT2D eigenvalue weighted by Gasteiger charge is -2.16. The highest BCUT2D eigenvalue weighted by Crippen LogP contribution is 2.39. The highest BCUT2D eigenvalue weighted by atomic mass is 19.1. The lowest BCUT2D eigenvalue weighted by atomic mass is 10.1. The van der Waals surface area contributed by atoms with Crippen molar-refractivity contribution in [2.45, 2.75) is 13.3 Å². The minimum atomic E-state index is -0.518. The van der Waals surface area contributed by atoms with Crippen LogP contribution in [0.15, 0.2) is 30.5 Å². The van der Waals surface area contributed by atoms with Crippen molar-refractivity contribution in [2.75, 3.05) is 24.3 Å². The van der Waals surface area contributed by atoms with E-state index < -0.39 is 5.82 Å². The number of fused-ring (bicyclic) bond motifs is 1. The third-order valence-corrected chi connectivity index (χ3v) is 5.64. The zero-order chi connectivity index (χ0) is 23.8. The van der Waals surface area contributed by atoms with Gasteiger partial charge in [-0.05, 0) is 25.1 Å². The number of methoxy groups -OCH3 is 1. The maximum Gasteiger partial charge on any atom is 0.255 e. The number of rotatable bonds is 6. The number of carbonyl (C=O) groups excluding carboxylic acids is 1. The van der Waals surface area contributed by atoms with Gasteiger partial charge in [0.15, 0.2) is 17.4 Å². The largest absolute Gasteiger partial charge is 0.492 e. The Bertz CT molecular complexity index is 1400. The topological polar surface area (TPSA) is 135 Å². The molecule has 0 saturated heterocycles. The molecule has 0 unspecified atom stereocenters. The molecule has 3 aromatic heterocycles. The van der Waals surface area contributed by atoms with Crippen molar-refractivity contribution in [2.24, 2.45) is 7.05 Å². The third-order valence-electron chi connectivity index (χ3n) is 5.64. The number of aromatic amines is 1. The number of para-hydroxylation sites is 1. The fraction of sp³-hybridized carbons (Fsp3) is 0.227. The molecule has 4 N–H and O–H groups in total. The van der Waals surface area contributed by atoms with E-state index in [1.165, 1.54) is 13.2 Å². The zero-order valence-corrected chi connectivity index (χ0v) is 18.7. The van der Waals surface area contributed by atoms with E-state index in [0.29, 0.717) is 53.1 Å². The van der Waals surface area contributed by atoms with Crippen LogP contribution in [0.4, 0.5) is 27.5 Å². The highest BCUT2D eigenvalue weighted by molar-refractivity contribution is 6.06. The van der Waals surface area contributed by atoms with Gasteiger partial charge < -0.3 is 25.7 Å². The molecule has 5 rings (SSSR count). The second-order valence-electron chi connectivity index (χ2n) is 7.72. The van der Waals surface area contributed by atoms with Crippen LogP contribution in [-0.2, 0) is 13.5 Å². The molecule has 0 radical (unpaired) electrons. The van der Waals surface area contributed by atoms with E-state index in [9.17, 15) is 9.18 Å². The van der Waals surface area contributed by atoms with Crippen LogP contribution in [0.25, 0.3) is 11.4 Å². The average molecular weight is 463 g/mol. The smallest absolute Gasteiger partial charge is 0.255 e. The second kappa shape index (κ2) is 8.46. The summed E-state index contributed by atoms with van der Waals surface area (Å²) in [5, 5.41) is 17.2. The minimum Gasteiger partial charge on any atom is -0.492 e. The molecule has 0 fully saturated rings. The van der Waals surface area contributed by atoms with Gasteiger partial charge in [0.2, 0.25) is 5.95 Å². The number of aromatic nitrogens is 6. The average Bonchev–Trinajstić information content (AvgIpc) is 3.35. The predicted molar refractivity (Wildman–Crippen MR) is 123 cm³/mol. The molecule has 1 aliphatic rings. The van der Waals surface area contributed by atoms with Gasteiger partial charge in [0.05, 0.1) is 41.1 Å². The Balaban J connectivity index is 1.59. The molecule has 1 aliphatic heterocycles. The van der Waals surface area contributed by atoms with Crippen molar-refractivity contribution >= 4 is 29.0 Å². The Hall–Kier alpha value is -4.48. The van der Waals surface area contributed by atoms with E-state index in [1.54, 1.807) is 36.1 Å². The summed E-state index contributed by atoms with van der Waals surface area (Å²) in [7, 11) is 3.18. The van der Waals surface area contributed by atoms with Crippen LogP contribution in [0.1, 0.15) is 21.7 Å². The molecular weight excluding hydrogens is 441 g/mol. The molecule has 0 atom stereocenters. The maximum absolute atomic E-state index is 14.3. The van der Waals surface area contributed by atoms with Crippen LogP contribution in [0, 0.1) is 12.7 Å². The molecule has 11 nitrogen and oxygen atoms in total. The van der Waals surface area contributed by atoms with Crippen molar-refractivity contribution < 1.29 is 13.9 Å². The number of ether oxygens (including phenoxy) is 1. The first-order chi connectivity index (χ1) is 16.5. The highest BCUT2D eigenvalue weighted by Gasteiger charge is 2.28. The summed E-state index contributed by atoms with van der Waals surface area (Å²) in [6.07, 6.45) is 2.22. The van der Waals surface area contributed by atoms with Crippen LogP contribution in [0.2, 0.25) is 0 Å². The number of hydrogen-bond donors (Lipinski definition) is 4. The van der Waals surface area contributed by atoms with Gasteiger partial charge in [-0.3, -0.25) is 9.48 Å². The Kier molecular flexibility index (Phi) is 5.32. The molecule has 174 valence electrons. The van der Waals surface area contributed by atoms with E-state index in [1.807, 2.05) is 6.92 Å². The molecule has 4 heterocycles. The van der Waals surface area contributed by atoms with E-state index >= 15 is 0 Å². The van der Waals surface area contributed by atoms with Gasteiger partial charge in [0.1, 0.15) is 0 Å². The standard InChI is InChI=1S/C22H22FN9O2/c1-11-20(30-31-32(11)2)29-22-25-10-8-14(28-22)17-18(16-13(26-17)7-9-24-21(16)33)27-15-6-4-5-12(23)19(15)34-3/h4-6,8,10,26-27H,7,9H2,1-3H3,(H,24,33)(H,25,28,29). The number of halogens is 1. The Morgan fingerprint density at radius 1 is 1.24 bits per heavy atom. The van der Waals surface area contributed by atoms with E-state index in [2.05, 4.69) is 41.2 Å². The van der Waals surface area contributed by atoms with E-state index in [4.69, 9.17) is 4.74 Å². The van der Waals surface area contributed by atoms with E-state index in [-0.39, 0.29) is 11.7 Å². The summed E-state index contributed by atoms with van der Waals surface area (Å²) in [5.74, 6) is 0.142. The molecule has 1 aromatic carbocycles. The van der Waals surface area contributed by atoms with Crippen LogP contribution >= 0.6 is 0 Å². The monoisotopic (exact) mass is 463 g/mol. The van der Waals surface area contributed by atoms with Gasteiger partial charge in [-0.15, -0.1) is 5.10 Å². The SMILES string of the molecule is COc1c(F)cccc1Nc1c(-c2ccnc(Nc3nnn(C)c3C)n2)[nH]c2c1C(=O)NCC2. The molecule has 0 saturated carbocycles. The number of benzene rings is 1. The molecular formula is C22H22FN9O2. The van der Waals surface area contributed by atoms with Gasteiger partial charge in [-0.25, -0.2) is 14.4 Å². The Labute approximate surface area is 193 Å². The summed E-state index contributed by atoms with van der Waals surface area (Å²) >= 11 is 0. The predicted octanol–water partition coefficient (Wildman–Crippen LogP) is 2.83. The number of amides is 1. The quantitative estimate of drug-likeness (QED) is 0.343. The van der Waals surface area contributed by atoms with Crippen LogP contribution in [0.3, 0.4) is 0 Å². The first-order valence-corrected chi connectivity index (χ1v) is 10.6. The first-order valence-electron chi connectivity index (χ1n) is 10.6.